The molecule has 1 aromatic rings. The first-order valence-corrected chi connectivity index (χ1v) is 4.17. The summed E-state index contributed by atoms with van der Waals surface area (Å²) in [5, 5.41) is 10.2. The maximum absolute atomic E-state index is 9.20. The largest absolute Gasteiger partial charge is 0.390 e. The number of hydrogen-bond acceptors (Lipinski definition) is 3. The van der Waals surface area contributed by atoms with Gasteiger partial charge >= 0.3 is 0 Å². The van der Waals surface area contributed by atoms with Crippen LogP contribution in [-0.2, 0) is 6.54 Å². The molecule has 1 N–H and O–H groups in total. The summed E-state index contributed by atoms with van der Waals surface area (Å²) in [5.74, 6) is 0.775. The van der Waals surface area contributed by atoms with Crippen molar-refractivity contribution >= 4 is 11.8 Å². The van der Waals surface area contributed by atoms with Gasteiger partial charge in [0.05, 0.1) is 12.6 Å². The van der Waals surface area contributed by atoms with E-state index in [0.717, 1.165) is 10.9 Å². The van der Waals surface area contributed by atoms with Gasteiger partial charge in [0, 0.05) is 18.1 Å². The maximum Gasteiger partial charge on any atom is 0.168 e. The molecule has 3 nitrogen and oxygen atoms in total. The third-order valence-electron chi connectivity index (χ3n) is 1.49. The summed E-state index contributed by atoms with van der Waals surface area (Å²) in [6, 6.07) is 0. The molecule has 0 saturated carbocycles. The zero-order chi connectivity index (χ0) is 6.97. The van der Waals surface area contributed by atoms with E-state index in [1.54, 1.807) is 18.0 Å². The SMILES string of the molecule is OC1CSc2nccn2C1. The molecule has 0 fully saturated rings. The van der Waals surface area contributed by atoms with Crippen molar-refractivity contribution < 1.29 is 5.11 Å². The van der Waals surface area contributed by atoms with Crippen LogP contribution in [0.3, 0.4) is 0 Å². The number of rotatable bonds is 0. The number of aromatic nitrogens is 2. The fraction of sp³-hybridized carbons (Fsp3) is 0.500. The quantitative estimate of drug-likeness (QED) is 0.589. The van der Waals surface area contributed by atoms with Gasteiger partial charge in [-0.3, -0.25) is 0 Å². The van der Waals surface area contributed by atoms with Gasteiger partial charge in [0.1, 0.15) is 0 Å². The van der Waals surface area contributed by atoms with Crippen LogP contribution in [0.4, 0.5) is 0 Å². The van der Waals surface area contributed by atoms with Crippen LogP contribution >= 0.6 is 11.8 Å². The highest BCUT2D eigenvalue weighted by Gasteiger charge is 2.15. The van der Waals surface area contributed by atoms with E-state index < -0.39 is 0 Å². The van der Waals surface area contributed by atoms with E-state index in [1.807, 2.05) is 10.8 Å². The molecule has 1 atom stereocenters. The second kappa shape index (κ2) is 2.29. The van der Waals surface area contributed by atoms with Gasteiger partial charge in [-0.2, -0.15) is 0 Å². The number of aliphatic hydroxyl groups excluding tert-OH is 1. The topological polar surface area (TPSA) is 38.1 Å². The van der Waals surface area contributed by atoms with Gasteiger partial charge in [-0.1, -0.05) is 11.8 Å². The van der Waals surface area contributed by atoms with Gasteiger partial charge in [0.15, 0.2) is 5.16 Å². The Balaban J connectivity index is 2.30. The Morgan fingerprint density at radius 2 is 2.70 bits per heavy atom. The average molecular weight is 156 g/mol. The van der Waals surface area contributed by atoms with E-state index in [2.05, 4.69) is 4.98 Å². The number of aliphatic hydroxyl groups is 1. The van der Waals surface area contributed by atoms with E-state index in [4.69, 9.17) is 0 Å². The zero-order valence-corrected chi connectivity index (χ0v) is 6.21. The minimum absolute atomic E-state index is 0.202. The lowest BCUT2D eigenvalue weighted by Gasteiger charge is -2.17. The number of hydrogen-bond donors (Lipinski definition) is 1. The Morgan fingerprint density at radius 3 is 3.60 bits per heavy atom. The van der Waals surface area contributed by atoms with Crippen LogP contribution in [0, 0.1) is 0 Å². The van der Waals surface area contributed by atoms with Gasteiger partial charge in [0.25, 0.3) is 0 Å². The molecule has 2 rings (SSSR count). The predicted octanol–water partition coefficient (Wildman–Crippen LogP) is 0.350. The first-order chi connectivity index (χ1) is 4.86. The molecule has 54 valence electrons. The smallest absolute Gasteiger partial charge is 0.168 e. The average Bonchev–Trinajstić information content (AvgIpc) is 2.33. The lowest BCUT2D eigenvalue weighted by molar-refractivity contribution is 0.170. The first kappa shape index (κ1) is 6.24. The molecule has 0 bridgehead atoms. The van der Waals surface area contributed by atoms with Crippen LogP contribution in [0.25, 0.3) is 0 Å². The molecule has 1 aliphatic rings. The summed E-state index contributed by atoms with van der Waals surface area (Å²) < 4.78 is 1.97. The molecular weight excluding hydrogens is 148 g/mol. The number of nitrogens with zero attached hydrogens (tertiary/aromatic N) is 2. The minimum Gasteiger partial charge on any atom is -0.390 e. The minimum atomic E-state index is -0.202. The van der Waals surface area contributed by atoms with E-state index in [-0.39, 0.29) is 6.10 Å². The van der Waals surface area contributed by atoms with E-state index in [1.165, 1.54) is 0 Å². The zero-order valence-electron chi connectivity index (χ0n) is 5.40. The van der Waals surface area contributed by atoms with Crippen molar-refractivity contribution in [2.75, 3.05) is 5.75 Å². The van der Waals surface area contributed by atoms with Crippen molar-refractivity contribution in [1.82, 2.24) is 9.55 Å². The Hall–Kier alpha value is -0.480. The summed E-state index contributed by atoms with van der Waals surface area (Å²) in [7, 11) is 0. The fourth-order valence-corrected chi connectivity index (χ4v) is 1.91. The van der Waals surface area contributed by atoms with E-state index in [9.17, 15) is 5.11 Å². The monoisotopic (exact) mass is 156 g/mol. The second-order valence-electron chi connectivity index (χ2n) is 2.33. The normalized spacial score (nSPS) is 24.3. The summed E-state index contributed by atoms with van der Waals surface area (Å²) in [4.78, 5) is 4.11. The summed E-state index contributed by atoms with van der Waals surface area (Å²) in [5.41, 5.74) is 0. The molecule has 0 spiro atoms. The summed E-state index contributed by atoms with van der Waals surface area (Å²) >= 11 is 1.61. The van der Waals surface area contributed by atoms with Crippen LogP contribution in [0.5, 0.6) is 0 Å². The highest BCUT2D eigenvalue weighted by atomic mass is 32.2. The number of imidazole rings is 1. The van der Waals surface area contributed by atoms with Crippen molar-refractivity contribution in [3.05, 3.63) is 12.4 Å². The van der Waals surface area contributed by atoms with Crippen LogP contribution in [0.15, 0.2) is 17.6 Å². The van der Waals surface area contributed by atoms with Gasteiger partial charge in [-0.25, -0.2) is 4.98 Å². The molecule has 1 aliphatic heterocycles. The summed E-state index contributed by atoms with van der Waals surface area (Å²) in [6.45, 7) is 0.697. The third-order valence-corrected chi connectivity index (χ3v) is 2.64. The first-order valence-electron chi connectivity index (χ1n) is 3.18. The highest BCUT2D eigenvalue weighted by molar-refractivity contribution is 7.99. The standard InChI is InChI=1S/C6H8N2OS/c9-5-3-8-2-1-7-6(8)10-4-5/h1-2,5,9H,3-4H2. The number of fused-ring (bicyclic) bond motifs is 1. The second-order valence-corrected chi connectivity index (χ2v) is 3.31. The van der Waals surface area contributed by atoms with Crippen LogP contribution in [0.1, 0.15) is 0 Å². The van der Waals surface area contributed by atoms with Gasteiger partial charge < -0.3 is 9.67 Å². The molecule has 10 heavy (non-hydrogen) atoms. The fourth-order valence-electron chi connectivity index (χ4n) is 1.03. The predicted molar refractivity (Wildman–Crippen MR) is 39.0 cm³/mol. The molecule has 1 unspecified atom stereocenters. The summed E-state index contributed by atoms with van der Waals surface area (Å²) in [6.07, 6.45) is 3.46. The third kappa shape index (κ3) is 0.932. The van der Waals surface area contributed by atoms with Crippen LogP contribution in [-0.4, -0.2) is 26.5 Å². The molecule has 0 aliphatic carbocycles. The van der Waals surface area contributed by atoms with Crippen molar-refractivity contribution in [3.8, 4) is 0 Å². The Labute approximate surface area is 63.1 Å². The Morgan fingerprint density at radius 1 is 1.80 bits per heavy atom. The highest BCUT2D eigenvalue weighted by Crippen LogP contribution is 2.22. The van der Waals surface area contributed by atoms with Gasteiger partial charge in [0.2, 0.25) is 0 Å². The van der Waals surface area contributed by atoms with Gasteiger partial charge in [-0.05, 0) is 0 Å². The maximum atomic E-state index is 9.20. The molecule has 4 heteroatoms. The van der Waals surface area contributed by atoms with Crippen LogP contribution < -0.4 is 0 Å². The molecule has 0 saturated heterocycles. The van der Waals surface area contributed by atoms with Crippen LogP contribution in [0.2, 0.25) is 0 Å². The van der Waals surface area contributed by atoms with Crippen molar-refractivity contribution in [2.24, 2.45) is 0 Å². The molecule has 1 aromatic heterocycles. The molecule has 2 heterocycles. The van der Waals surface area contributed by atoms with E-state index in [0.29, 0.717) is 6.54 Å². The van der Waals surface area contributed by atoms with Crippen molar-refractivity contribution in [2.45, 2.75) is 17.8 Å². The van der Waals surface area contributed by atoms with E-state index >= 15 is 0 Å². The van der Waals surface area contributed by atoms with Crippen molar-refractivity contribution in [1.29, 1.82) is 0 Å². The Kier molecular flexibility index (Phi) is 1.43. The molecule has 0 radical (unpaired) electrons. The molecule has 0 amide bonds. The molecular formula is C6H8N2OS. The lowest BCUT2D eigenvalue weighted by Crippen LogP contribution is -2.22. The lowest BCUT2D eigenvalue weighted by atomic mass is 10.4. The number of thioether (sulfide) groups is 1. The van der Waals surface area contributed by atoms with Gasteiger partial charge in [-0.15, -0.1) is 0 Å². The Bertz CT molecular complexity index is 235. The molecule has 0 aromatic carbocycles. The van der Waals surface area contributed by atoms with Crippen molar-refractivity contribution in [3.63, 3.8) is 0 Å².